The molecule has 1 saturated heterocycles. The molecule has 0 atom stereocenters. The van der Waals surface area contributed by atoms with Crippen LogP contribution in [0.25, 0.3) is 0 Å². The van der Waals surface area contributed by atoms with E-state index in [4.69, 9.17) is 5.26 Å². The van der Waals surface area contributed by atoms with Gasteiger partial charge in [0.1, 0.15) is 6.54 Å². The summed E-state index contributed by atoms with van der Waals surface area (Å²) in [4.78, 5) is 33.0. The number of allylic oxidation sites excluding steroid dienone is 2. The minimum absolute atomic E-state index is 0.180. The van der Waals surface area contributed by atoms with E-state index in [-0.39, 0.29) is 6.54 Å². The van der Waals surface area contributed by atoms with E-state index in [2.05, 4.69) is 5.10 Å². The Kier molecular flexibility index (Phi) is 4.57. The van der Waals surface area contributed by atoms with E-state index in [1.165, 1.54) is 6.08 Å². The average Bonchev–Trinajstić information content (AvgIpc) is 2.61. The molecule has 1 N–H and O–H groups in total. The Balaban J connectivity index is 2.41. The predicted molar refractivity (Wildman–Crippen MR) is 57.7 cm³/mol. The minimum atomic E-state index is -0.646. The SMILES string of the molecule is N#CCC/C=C/C(=O)/C=N/N1CC(=O)NC1=O. The third-order valence-electron chi connectivity index (χ3n) is 1.80. The van der Waals surface area contributed by atoms with Crippen LogP contribution in [0.1, 0.15) is 12.8 Å². The lowest BCUT2D eigenvalue weighted by Crippen LogP contribution is -2.24. The number of rotatable bonds is 5. The maximum Gasteiger partial charge on any atom is 0.344 e. The fourth-order valence-corrected chi connectivity index (χ4v) is 1.04. The van der Waals surface area contributed by atoms with Gasteiger partial charge in [0.05, 0.1) is 12.3 Å². The topological polar surface area (TPSA) is 103 Å². The second-order valence-corrected chi connectivity index (χ2v) is 3.16. The van der Waals surface area contributed by atoms with Crippen molar-refractivity contribution in [3.05, 3.63) is 12.2 Å². The number of unbranched alkanes of at least 4 members (excludes halogenated alkanes) is 1. The van der Waals surface area contributed by atoms with Gasteiger partial charge in [0, 0.05) is 6.42 Å². The highest BCUT2D eigenvalue weighted by Gasteiger charge is 2.25. The minimum Gasteiger partial charge on any atom is -0.288 e. The summed E-state index contributed by atoms with van der Waals surface area (Å²) < 4.78 is 0. The molecule has 17 heavy (non-hydrogen) atoms. The predicted octanol–water partition coefficient (Wildman–Crippen LogP) is -0.0469. The van der Waals surface area contributed by atoms with Gasteiger partial charge in [-0.05, 0) is 12.5 Å². The Morgan fingerprint density at radius 2 is 2.35 bits per heavy atom. The van der Waals surface area contributed by atoms with Crippen LogP contribution in [0.5, 0.6) is 0 Å². The molecule has 0 aromatic carbocycles. The van der Waals surface area contributed by atoms with Crippen molar-refractivity contribution in [2.75, 3.05) is 6.54 Å². The molecule has 7 nitrogen and oxygen atoms in total. The first kappa shape index (κ1) is 12.6. The number of carbonyl (C=O) groups is 3. The van der Waals surface area contributed by atoms with Gasteiger partial charge in [-0.25, -0.2) is 9.80 Å². The smallest absolute Gasteiger partial charge is 0.288 e. The first-order chi connectivity index (χ1) is 8.13. The van der Waals surface area contributed by atoms with Crippen LogP contribution in [0, 0.1) is 11.3 Å². The van der Waals surface area contributed by atoms with E-state index in [0.717, 1.165) is 11.2 Å². The van der Waals surface area contributed by atoms with Crippen molar-refractivity contribution in [1.82, 2.24) is 10.3 Å². The van der Waals surface area contributed by atoms with Crippen LogP contribution >= 0.6 is 0 Å². The summed E-state index contributed by atoms with van der Waals surface area (Å²) in [5.41, 5.74) is 0. The van der Waals surface area contributed by atoms with Gasteiger partial charge < -0.3 is 0 Å². The number of nitrogens with zero attached hydrogens (tertiary/aromatic N) is 3. The second-order valence-electron chi connectivity index (χ2n) is 3.16. The zero-order valence-electron chi connectivity index (χ0n) is 8.92. The molecule has 88 valence electrons. The summed E-state index contributed by atoms with van der Waals surface area (Å²) in [5.74, 6) is -0.862. The summed E-state index contributed by atoms with van der Waals surface area (Å²) in [6.07, 6.45) is 4.58. The number of carbonyl (C=O) groups excluding carboxylic acids is 3. The van der Waals surface area contributed by atoms with Crippen molar-refractivity contribution in [3.63, 3.8) is 0 Å². The van der Waals surface area contributed by atoms with E-state index in [0.29, 0.717) is 12.8 Å². The molecule has 1 rings (SSSR count). The van der Waals surface area contributed by atoms with Crippen LogP contribution < -0.4 is 5.32 Å². The third-order valence-corrected chi connectivity index (χ3v) is 1.80. The molecule has 0 spiro atoms. The molecule has 1 aliphatic heterocycles. The summed E-state index contributed by atoms with van der Waals surface area (Å²) in [6.45, 7) is -0.180. The molecule has 1 aliphatic rings. The number of hydrogen-bond donors (Lipinski definition) is 1. The van der Waals surface area contributed by atoms with Gasteiger partial charge in [0.2, 0.25) is 5.91 Å². The first-order valence-electron chi connectivity index (χ1n) is 4.86. The summed E-state index contributed by atoms with van der Waals surface area (Å²) in [5, 5.41) is 14.7. The first-order valence-corrected chi connectivity index (χ1v) is 4.86. The molecule has 0 aromatic heterocycles. The molecular formula is C10H10N4O3. The standard InChI is InChI=1S/C10H10N4O3/c11-5-3-1-2-4-8(15)6-12-14-7-9(16)13-10(14)17/h2,4,6H,1,3,7H2,(H,13,16,17)/b4-2+,12-6+. The van der Waals surface area contributed by atoms with E-state index in [9.17, 15) is 14.4 Å². The van der Waals surface area contributed by atoms with E-state index < -0.39 is 17.7 Å². The lowest BCUT2D eigenvalue weighted by atomic mass is 10.3. The van der Waals surface area contributed by atoms with Gasteiger partial charge in [0.25, 0.3) is 0 Å². The highest BCUT2D eigenvalue weighted by atomic mass is 16.2. The highest BCUT2D eigenvalue weighted by Crippen LogP contribution is 1.97. The van der Waals surface area contributed by atoms with Gasteiger partial charge in [-0.1, -0.05) is 6.08 Å². The van der Waals surface area contributed by atoms with Crippen LogP contribution in [-0.2, 0) is 9.59 Å². The van der Waals surface area contributed by atoms with Gasteiger partial charge in [-0.15, -0.1) is 0 Å². The number of hydrogen-bond acceptors (Lipinski definition) is 5. The Labute approximate surface area is 97.4 Å². The number of nitrogens with one attached hydrogen (secondary N) is 1. The van der Waals surface area contributed by atoms with E-state index in [1.807, 2.05) is 11.4 Å². The van der Waals surface area contributed by atoms with Crippen molar-refractivity contribution in [2.45, 2.75) is 12.8 Å². The lowest BCUT2D eigenvalue weighted by Gasteiger charge is -2.02. The average molecular weight is 234 g/mol. The molecule has 0 aromatic rings. The Hall–Kier alpha value is -2.49. The molecule has 3 amide bonds. The van der Waals surface area contributed by atoms with Crippen LogP contribution in [0.15, 0.2) is 17.3 Å². The van der Waals surface area contributed by atoms with Crippen molar-refractivity contribution < 1.29 is 14.4 Å². The van der Waals surface area contributed by atoms with Crippen LogP contribution in [0.4, 0.5) is 4.79 Å². The molecule has 1 fully saturated rings. The molecule has 0 aliphatic carbocycles. The normalized spacial score (nSPS) is 15.6. The molecule has 0 radical (unpaired) electrons. The van der Waals surface area contributed by atoms with Crippen molar-refractivity contribution in [1.29, 1.82) is 5.26 Å². The number of urea groups is 1. The van der Waals surface area contributed by atoms with Crippen molar-refractivity contribution in [2.24, 2.45) is 5.10 Å². The number of ketones is 1. The van der Waals surface area contributed by atoms with Gasteiger partial charge >= 0.3 is 6.03 Å². The number of amides is 3. The zero-order valence-corrected chi connectivity index (χ0v) is 8.92. The summed E-state index contributed by atoms with van der Waals surface area (Å²) in [6, 6.07) is 1.29. The van der Waals surface area contributed by atoms with E-state index >= 15 is 0 Å². The van der Waals surface area contributed by atoms with Crippen molar-refractivity contribution >= 4 is 23.9 Å². The maximum atomic E-state index is 11.2. The largest absolute Gasteiger partial charge is 0.344 e. The van der Waals surface area contributed by atoms with Gasteiger partial charge in [0.15, 0.2) is 5.78 Å². The fraction of sp³-hybridized carbons (Fsp3) is 0.300. The second kappa shape index (κ2) is 6.17. The molecule has 0 unspecified atom stereocenters. The van der Waals surface area contributed by atoms with Crippen molar-refractivity contribution in [3.8, 4) is 6.07 Å². The number of hydrazone groups is 1. The summed E-state index contributed by atoms with van der Waals surface area (Å²) in [7, 11) is 0. The highest BCUT2D eigenvalue weighted by molar-refractivity contribution is 6.32. The number of nitriles is 1. The quantitative estimate of drug-likeness (QED) is 0.312. The Morgan fingerprint density at radius 1 is 1.59 bits per heavy atom. The molecule has 1 heterocycles. The van der Waals surface area contributed by atoms with Gasteiger partial charge in [-0.3, -0.25) is 14.9 Å². The Bertz CT molecular complexity index is 433. The van der Waals surface area contributed by atoms with E-state index in [1.54, 1.807) is 6.08 Å². The van der Waals surface area contributed by atoms with Crippen LogP contribution in [-0.4, -0.2) is 35.5 Å². The monoisotopic (exact) mass is 234 g/mol. The summed E-state index contributed by atoms with van der Waals surface area (Å²) >= 11 is 0. The van der Waals surface area contributed by atoms with Crippen LogP contribution in [0.2, 0.25) is 0 Å². The maximum absolute atomic E-state index is 11.2. The molecular weight excluding hydrogens is 224 g/mol. The Morgan fingerprint density at radius 3 is 2.94 bits per heavy atom. The zero-order chi connectivity index (χ0) is 12.7. The number of imide groups is 1. The molecule has 0 saturated carbocycles. The fourth-order valence-electron chi connectivity index (χ4n) is 1.04. The lowest BCUT2D eigenvalue weighted by molar-refractivity contribution is -0.118. The molecule has 0 bridgehead atoms. The third kappa shape index (κ3) is 4.25. The van der Waals surface area contributed by atoms with Crippen LogP contribution in [0.3, 0.4) is 0 Å². The molecule has 7 heteroatoms. The van der Waals surface area contributed by atoms with Gasteiger partial charge in [-0.2, -0.15) is 10.4 Å².